The van der Waals surface area contributed by atoms with E-state index >= 15 is 0 Å². The summed E-state index contributed by atoms with van der Waals surface area (Å²) in [5, 5.41) is 13.5. The van der Waals surface area contributed by atoms with Crippen molar-refractivity contribution in [3.8, 4) is 0 Å². The zero-order valence-corrected chi connectivity index (χ0v) is 11.0. The molecule has 0 fully saturated rings. The van der Waals surface area contributed by atoms with Gasteiger partial charge in [-0.05, 0) is 12.5 Å². The molecule has 0 amide bonds. The Morgan fingerprint density at radius 3 is 2.72 bits per heavy atom. The molecule has 1 N–H and O–H groups in total. The largest absolute Gasteiger partial charge is 0.363 e. The zero-order valence-electron chi connectivity index (χ0n) is 10.2. The summed E-state index contributed by atoms with van der Waals surface area (Å²) >= 11 is 0. The van der Waals surface area contributed by atoms with Gasteiger partial charge in [0.05, 0.1) is 10.7 Å². The predicted octanol–water partition coefficient (Wildman–Crippen LogP) is 1.14. The van der Waals surface area contributed by atoms with Gasteiger partial charge in [0.2, 0.25) is 5.82 Å². The number of rotatable bonds is 6. The first-order valence-electron chi connectivity index (χ1n) is 5.41. The van der Waals surface area contributed by atoms with Gasteiger partial charge in [0.25, 0.3) is 0 Å². The number of nitrogens with one attached hydrogen (secondary N) is 1. The van der Waals surface area contributed by atoms with Crippen LogP contribution in [0.1, 0.15) is 12.5 Å². The topological polar surface area (TPSA) is 102 Å². The van der Waals surface area contributed by atoms with Crippen LogP contribution < -0.4 is 5.32 Å². The van der Waals surface area contributed by atoms with E-state index < -0.39 is 14.8 Å². The predicted molar refractivity (Wildman–Crippen MR) is 68.4 cm³/mol. The highest BCUT2D eigenvalue weighted by molar-refractivity contribution is 7.91. The number of hydrogen-bond acceptors (Lipinski definition) is 6. The van der Waals surface area contributed by atoms with Gasteiger partial charge in [0.15, 0.2) is 9.84 Å². The molecule has 0 aliphatic rings. The molecule has 0 aromatic carbocycles. The SMILES string of the molecule is CCS(=O)(=O)CCNc1ncc(C)cc1[N+](=O)[O-]. The highest BCUT2D eigenvalue weighted by atomic mass is 32.2. The molecular weight excluding hydrogens is 258 g/mol. The summed E-state index contributed by atoms with van der Waals surface area (Å²) < 4.78 is 22.5. The fourth-order valence-electron chi connectivity index (χ4n) is 1.30. The van der Waals surface area contributed by atoms with Crippen LogP contribution in [0.2, 0.25) is 0 Å². The maximum atomic E-state index is 11.3. The number of aromatic nitrogens is 1. The lowest BCUT2D eigenvalue weighted by Gasteiger charge is -2.06. The van der Waals surface area contributed by atoms with E-state index in [9.17, 15) is 18.5 Å². The van der Waals surface area contributed by atoms with Crippen molar-refractivity contribution in [1.82, 2.24) is 4.98 Å². The summed E-state index contributed by atoms with van der Waals surface area (Å²) in [7, 11) is -3.09. The minimum Gasteiger partial charge on any atom is -0.363 e. The first-order valence-corrected chi connectivity index (χ1v) is 7.23. The van der Waals surface area contributed by atoms with Crippen molar-refractivity contribution in [2.75, 3.05) is 23.4 Å². The number of nitrogens with zero attached hydrogens (tertiary/aromatic N) is 2. The highest BCUT2D eigenvalue weighted by Crippen LogP contribution is 2.21. The lowest BCUT2D eigenvalue weighted by atomic mass is 10.3. The minimum absolute atomic E-state index is 0.0537. The molecule has 1 aromatic heterocycles. The molecule has 100 valence electrons. The van der Waals surface area contributed by atoms with Gasteiger partial charge in [0.1, 0.15) is 0 Å². The second-order valence-electron chi connectivity index (χ2n) is 3.80. The van der Waals surface area contributed by atoms with Crippen LogP contribution in [0.5, 0.6) is 0 Å². The molecule has 7 nitrogen and oxygen atoms in total. The van der Waals surface area contributed by atoms with E-state index in [1.165, 1.54) is 12.3 Å². The van der Waals surface area contributed by atoms with Crippen LogP contribution in [0.25, 0.3) is 0 Å². The monoisotopic (exact) mass is 273 g/mol. The van der Waals surface area contributed by atoms with Crippen molar-refractivity contribution in [3.05, 3.63) is 27.9 Å². The Hall–Kier alpha value is -1.70. The van der Waals surface area contributed by atoms with E-state index in [0.29, 0.717) is 5.56 Å². The molecule has 8 heteroatoms. The molecule has 0 saturated carbocycles. The first-order chi connectivity index (χ1) is 8.35. The fourth-order valence-corrected chi connectivity index (χ4v) is 2.00. The summed E-state index contributed by atoms with van der Waals surface area (Å²) in [5.74, 6) is 0.0748. The standard InChI is InChI=1S/C10H15N3O4S/c1-3-18(16,17)5-4-11-10-9(13(14)15)6-8(2)7-12-10/h6-7H,3-5H2,1-2H3,(H,11,12). The van der Waals surface area contributed by atoms with E-state index in [0.717, 1.165) is 0 Å². The van der Waals surface area contributed by atoms with E-state index in [1.54, 1.807) is 13.8 Å². The van der Waals surface area contributed by atoms with E-state index in [2.05, 4.69) is 10.3 Å². The van der Waals surface area contributed by atoms with Crippen LogP contribution in [0.3, 0.4) is 0 Å². The van der Waals surface area contributed by atoms with Gasteiger partial charge in [-0.3, -0.25) is 10.1 Å². The van der Waals surface area contributed by atoms with E-state index in [1.807, 2.05) is 0 Å². The first kappa shape index (κ1) is 14.4. The molecule has 1 heterocycles. The average Bonchev–Trinajstić information content (AvgIpc) is 2.30. The van der Waals surface area contributed by atoms with Crippen LogP contribution in [-0.4, -0.2) is 36.4 Å². The van der Waals surface area contributed by atoms with Gasteiger partial charge in [-0.1, -0.05) is 6.92 Å². The molecular formula is C10H15N3O4S. The normalized spacial score (nSPS) is 11.2. The molecule has 0 bridgehead atoms. The third-order valence-corrected chi connectivity index (χ3v) is 4.05. The lowest BCUT2D eigenvalue weighted by molar-refractivity contribution is -0.384. The Morgan fingerprint density at radius 1 is 1.50 bits per heavy atom. The van der Waals surface area contributed by atoms with Gasteiger partial charge < -0.3 is 5.32 Å². The number of hydrogen-bond donors (Lipinski definition) is 1. The van der Waals surface area contributed by atoms with Crippen molar-refractivity contribution in [2.24, 2.45) is 0 Å². The third-order valence-electron chi connectivity index (χ3n) is 2.35. The molecule has 0 aliphatic heterocycles. The second-order valence-corrected chi connectivity index (χ2v) is 6.27. The number of aryl methyl sites for hydroxylation is 1. The summed E-state index contributed by atoms with van der Waals surface area (Å²) in [5.41, 5.74) is 0.525. The summed E-state index contributed by atoms with van der Waals surface area (Å²) in [6, 6.07) is 1.39. The number of anilines is 1. The Morgan fingerprint density at radius 2 is 2.17 bits per heavy atom. The molecule has 0 saturated heterocycles. The second kappa shape index (κ2) is 5.76. The Kier molecular flexibility index (Phi) is 4.60. The van der Waals surface area contributed by atoms with Gasteiger partial charge >= 0.3 is 5.69 Å². The van der Waals surface area contributed by atoms with Crippen molar-refractivity contribution in [3.63, 3.8) is 0 Å². The van der Waals surface area contributed by atoms with Crippen LogP contribution in [-0.2, 0) is 9.84 Å². The van der Waals surface area contributed by atoms with Crippen LogP contribution in [0, 0.1) is 17.0 Å². The molecule has 18 heavy (non-hydrogen) atoms. The number of sulfone groups is 1. The molecule has 0 radical (unpaired) electrons. The van der Waals surface area contributed by atoms with Crippen molar-refractivity contribution in [1.29, 1.82) is 0 Å². The van der Waals surface area contributed by atoms with Gasteiger partial charge in [-0.25, -0.2) is 13.4 Å². The smallest absolute Gasteiger partial charge is 0.311 e. The minimum atomic E-state index is -3.09. The van der Waals surface area contributed by atoms with Gasteiger partial charge in [-0.2, -0.15) is 0 Å². The lowest BCUT2D eigenvalue weighted by Crippen LogP contribution is -2.18. The molecule has 0 spiro atoms. The fraction of sp³-hybridized carbons (Fsp3) is 0.500. The van der Waals surface area contributed by atoms with E-state index in [-0.39, 0.29) is 29.6 Å². The third kappa shape index (κ3) is 3.95. The summed E-state index contributed by atoms with van der Waals surface area (Å²) in [6.07, 6.45) is 1.49. The highest BCUT2D eigenvalue weighted by Gasteiger charge is 2.16. The molecule has 0 aliphatic carbocycles. The molecule has 0 unspecified atom stereocenters. The molecule has 1 aromatic rings. The Bertz CT molecular complexity index is 542. The van der Waals surface area contributed by atoms with Crippen molar-refractivity contribution < 1.29 is 13.3 Å². The van der Waals surface area contributed by atoms with Crippen LogP contribution in [0.4, 0.5) is 11.5 Å². The van der Waals surface area contributed by atoms with E-state index in [4.69, 9.17) is 0 Å². The number of nitro groups is 1. The Balaban J connectivity index is 2.77. The maximum absolute atomic E-state index is 11.3. The quantitative estimate of drug-likeness (QED) is 0.616. The number of pyridine rings is 1. The van der Waals surface area contributed by atoms with Crippen LogP contribution >= 0.6 is 0 Å². The summed E-state index contributed by atoms with van der Waals surface area (Å²) in [6.45, 7) is 3.36. The average molecular weight is 273 g/mol. The van der Waals surface area contributed by atoms with Crippen molar-refractivity contribution >= 4 is 21.3 Å². The summed E-state index contributed by atoms with van der Waals surface area (Å²) in [4.78, 5) is 14.1. The maximum Gasteiger partial charge on any atom is 0.311 e. The Labute approximate surface area is 105 Å². The van der Waals surface area contributed by atoms with Crippen LogP contribution in [0.15, 0.2) is 12.3 Å². The van der Waals surface area contributed by atoms with Gasteiger partial charge in [0, 0.05) is 24.6 Å². The molecule has 1 rings (SSSR count). The van der Waals surface area contributed by atoms with Crippen molar-refractivity contribution in [2.45, 2.75) is 13.8 Å². The zero-order chi connectivity index (χ0) is 13.8. The molecule has 0 atom stereocenters. The van der Waals surface area contributed by atoms with Gasteiger partial charge in [-0.15, -0.1) is 0 Å².